The Balaban J connectivity index is 1.52. The van der Waals surface area contributed by atoms with Gasteiger partial charge in [-0.15, -0.1) is 23.2 Å². The highest BCUT2D eigenvalue weighted by atomic mass is 79.9. The fraction of sp³-hybridized carbons (Fsp3) is 0.333. The molecule has 4 aliphatic rings. The zero-order chi connectivity index (χ0) is 27.3. The Morgan fingerprint density at radius 3 is 2.34 bits per heavy atom. The summed E-state index contributed by atoms with van der Waals surface area (Å²) in [5.41, 5.74) is 1.21. The molecule has 2 aromatic rings. The van der Waals surface area contributed by atoms with Gasteiger partial charge in [0, 0.05) is 17.4 Å². The third-order valence-electron chi connectivity index (χ3n) is 8.40. The van der Waals surface area contributed by atoms with Gasteiger partial charge in [0.15, 0.2) is 21.3 Å². The van der Waals surface area contributed by atoms with E-state index in [-0.39, 0.29) is 24.3 Å². The molecular formula is C27H20BrCl2FN2O5. The first-order chi connectivity index (χ1) is 17.9. The minimum atomic E-state index is -2.00. The van der Waals surface area contributed by atoms with E-state index in [1.165, 1.54) is 13.1 Å². The topological polar surface area (TPSA) is 95.0 Å². The molecule has 6 rings (SSSR count). The quantitative estimate of drug-likeness (QED) is 0.303. The van der Waals surface area contributed by atoms with Gasteiger partial charge >= 0.3 is 0 Å². The first-order valence-corrected chi connectivity index (χ1v) is 13.5. The minimum absolute atomic E-state index is 0.149. The zero-order valence-electron chi connectivity index (χ0n) is 19.8. The summed E-state index contributed by atoms with van der Waals surface area (Å²) in [4.78, 5) is 52.3. The number of nitrogens with zero attached hydrogens (tertiary/aromatic N) is 2. The van der Waals surface area contributed by atoms with Crippen LogP contribution in [-0.4, -0.2) is 50.4 Å². The van der Waals surface area contributed by atoms with Crippen LogP contribution in [0, 0.1) is 23.6 Å². The predicted molar refractivity (Wildman–Crippen MR) is 140 cm³/mol. The number of phenolic OH excluding ortho intramolecular Hbond substituents is 1. The molecule has 1 N–H and O–H groups in total. The van der Waals surface area contributed by atoms with Crippen molar-refractivity contribution in [3.63, 3.8) is 0 Å². The van der Waals surface area contributed by atoms with Crippen LogP contribution in [0.1, 0.15) is 24.3 Å². The van der Waals surface area contributed by atoms with Crippen molar-refractivity contribution in [1.29, 1.82) is 0 Å². The second kappa shape index (κ2) is 8.37. The zero-order valence-corrected chi connectivity index (χ0v) is 22.9. The molecule has 4 amide bonds. The highest BCUT2D eigenvalue weighted by molar-refractivity contribution is 9.10. The maximum atomic E-state index is 14.6. The maximum absolute atomic E-state index is 14.6. The number of rotatable bonds is 2. The van der Waals surface area contributed by atoms with Gasteiger partial charge in [0.25, 0.3) is 11.8 Å². The number of allylic oxidation sites excluding steroid dienone is 2. The summed E-state index contributed by atoms with van der Waals surface area (Å²) in [6.45, 7) is 0. The van der Waals surface area contributed by atoms with Crippen molar-refractivity contribution in [3.8, 4) is 5.75 Å². The molecule has 2 saturated heterocycles. The molecule has 7 nitrogen and oxygen atoms in total. The summed E-state index contributed by atoms with van der Waals surface area (Å²) in [7, 11) is 1.28. The monoisotopic (exact) mass is 620 g/mol. The van der Waals surface area contributed by atoms with Gasteiger partial charge in [-0.2, -0.15) is 0 Å². The van der Waals surface area contributed by atoms with Gasteiger partial charge in [-0.3, -0.25) is 29.0 Å². The van der Waals surface area contributed by atoms with Crippen molar-refractivity contribution in [2.75, 3.05) is 11.9 Å². The van der Waals surface area contributed by atoms with Gasteiger partial charge < -0.3 is 5.11 Å². The van der Waals surface area contributed by atoms with E-state index in [1.54, 1.807) is 30.3 Å². The van der Waals surface area contributed by atoms with Gasteiger partial charge in [-0.25, -0.2) is 4.39 Å². The van der Waals surface area contributed by atoms with E-state index < -0.39 is 62.7 Å². The van der Waals surface area contributed by atoms with E-state index >= 15 is 0 Å². The average molecular weight is 622 g/mol. The molecule has 1 saturated carbocycles. The van der Waals surface area contributed by atoms with Crippen LogP contribution in [-0.2, 0) is 19.2 Å². The molecule has 0 aromatic heterocycles. The summed E-state index contributed by atoms with van der Waals surface area (Å²) in [5, 5.41) is 9.79. The number of aromatic hydroxyl groups is 1. The number of benzene rings is 2. The highest BCUT2D eigenvalue weighted by Crippen LogP contribution is 2.65. The van der Waals surface area contributed by atoms with Gasteiger partial charge in [-0.1, -0.05) is 33.6 Å². The van der Waals surface area contributed by atoms with Gasteiger partial charge in [0.1, 0.15) is 0 Å². The molecule has 6 atom stereocenters. The molecule has 2 aliphatic heterocycles. The number of hydrogen-bond acceptors (Lipinski definition) is 5. The van der Waals surface area contributed by atoms with E-state index in [1.807, 2.05) is 0 Å². The van der Waals surface area contributed by atoms with Crippen molar-refractivity contribution in [3.05, 3.63) is 70.0 Å². The summed E-state index contributed by atoms with van der Waals surface area (Å²) in [5.74, 6) is -7.09. The Morgan fingerprint density at radius 2 is 1.68 bits per heavy atom. The molecule has 196 valence electrons. The molecule has 38 heavy (non-hydrogen) atoms. The number of halogens is 4. The lowest BCUT2D eigenvalue weighted by Gasteiger charge is -2.50. The number of carbonyl (C=O) groups excluding carboxylic acids is 4. The number of imide groups is 2. The van der Waals surface area contributed by atoms with E-state index in [9.17, 15) is 28.7 Å². The number of amides is 4. The standard InChI is InChI=1S/C27H20BrCl2FN2O5/c1-32-24(37)26(29)11-17-15(21(27(26,30)25(32)38)12-2-9-19(34)18(31)10-12)7-8-16-20(17)23(36)33(22(16)35)14-5-3-13(28)4-6-14/h2-7,9-10,16-17,20-21,34H,8,11H2,1H3. The van der Waals surface area contributed by atoms with Gasteiger partial charge in [0.05, 0.1) is 17.5 Å². The molecule has 2 aliphatic carbocycles. The SMILES string of the molecule is CN1C(=O)C2(Cl)CC3C(=CCC4C(=O)N(c5ccc(Br)cc5)C(=O)C43)C(c3ccc(O)c(F)c3)C2(Cl)C1=O. The third-order valence-corrected chi connectivity index (χ3v) is 10.3. The van der Waals surface area contributed by atoms with E-state index in [0.717, 1.165) is 26.4 Å². The summed E-state index contributed by atoms with van der Waals surface area (Å²) >= 11 is 17.4. The van der Waals surface area contributed by atoms with Crippen LogP contribution in [0.4, 0.5) is 10.1 Å². The van der Waals surface area contributed by atoms with E-state index in [0.29, 0.717) is 11.3 Å². The lowest BCUT2D eigenvalue weighted by Crippen LogP contribution is -2.60. The van der Waals surface area contributed by atoms with Gasteiger partial charge in [0.2, 0.25) is 11.8 Å². The van der Waals surface area contributed by atoms with Crippen LogP contribution in [0.25, 0.3) is 0 Å². The Hall–Kier alpha value is -2.75. The second-order valence-electron chi connectivity index (χ2n) is 10.2. The Morgan fingerprint density at radius 1 is 1.00 bits per heavy atom. The molecule has 3 fully saturated rings. The first-order valence-electron chi connectivity index (χ1n) is 11.9. The number of carbonyl (C=O) groups is 4. The smallest absolute Gasteiger partial charge is 0.253 e. The van der Waals surface area contributed by atoms with E-state index in [2.05, 4.69) is 15.9 Å². The lowest BCUT2D eigenvalue weighted by atomic mass is 9.56. The van der Waals surface area contributed by atoms with Crippen LogP contribution >= 0.6 is 39.1 Å². The van der Waals surface area contributed by atoms with Crippen LogP contribution in [0.2, 0.25) is 0 Å². The van der Waals surface area contributed by atoms with Crippen molar-refractivity contribution < 1.29 is 28.7 Å². The number of hydrogen-bond donors (Lipinski definition) is 1. The minimum Gasteiger partial charge on any atom is -0.505 e. The predicted octanol–water partition coefficient (Wildman–Crippen LogP) is 4.49. The van der Waals surface area contributed by atoms with Crippen LogP contribution in [0.3, 0.4) is 0 Å². The Labute approximate surface area is 235 Å². The van der Waals surface area contributed by atoms with Gasteiger partial charge in [-0.05, 0) is 60.7 Å². The molecule has 0 radical (unpaired) electrons. The van der Waals surface area contributed by atoms with Crippen molar-refractivity contribution in [2.45, 2.75) is 28.5 Å². The molecule has 6 unspecified atom stereocenters. The normalized spacial score (nSPS) is 34.3. The number of fused-ring (bicyclic) bond motifs is 4. The Kier molecular flexibility index (Phi) is 5.62. The fourth-order valence-corrected chi connectivity index (χ4v) is 7.95. The maximum Gasteiger partial charge on any atom is 0.253 e. The number of likely N-dealkylation sites (tertiary alicyclic amines) is 1. The molecule has 2 aromatic carbocycles. The summed E-state index contributed by atoms with van der Waals surface area (Å²) < 4.78 is 15.3. The van der Waals surface area contributed by atoms with Crippen molar-refractivity contribution in [1.82, 2.24) is 4.90 Å². The average Bonchev–Trinajstić information content (AvgIpc) is 3.21. The fourth-order valence-electron chi connectivity index (χ4n) is 6.67. The highest BCUT2D eigenvalue weighted by Gasteiger charge is 2.75. The number of anilines is 1. The number of phenols is 1. The second-order valence-corrected chi connectivity index (χ2v) is 12.4. The summed E-state index contributed by atoms with van der Waals surface area (Å²) in [6.07, 6.45) is 1.82. The van der Waals surface area contributed by atoms with Crippen molar-refractivity contribution >= 4 is 68.4 Å². The third kappa shape index (κ3) is 3.12. The first kappa shape index (κ1) is 25.5. The summed E-state index contributed by atoms with van der Waals surface area (Å²) in [6, 6.07) is 10.4. The van der Waals surface area contributed by atoms with Crippen LogP contribution < -0.4 is 4.90 Å². The van der Waals surface area contributed by atoms with E-state index in [4.69, 9.17) is 23.2 Å². The van der Waals surface area contributed by atoms with Crippen molar-refractivity contribution in [2.24, 2.45) is 17.8 Å². The molecular weight excluding hydrogens is 602 g/mol. The molecule has 0 bridgehead atoms. The largest absolute Gasteiger partial charge is 0.505 e. The van der Waals surface area contributed by atoms with Crippen LogP contribution in [0.15, 0.2) is 58.6 Å². The molecule has 11 heteroatoms. The lowest BCUT2D eigenvalue weighted by molar-refractivity contribution is -0.138. The molecule has 0 spiro atoms. The van der Waals surface area contributed by atoms with Crippen LogP contribution in [0.5, 0.6) is 5.75 Å². The molecule has 2 heterocycles. The number of alkyl halides is 2. The Bertz CT molecular complexity index is 1480.